The molecule has 1 aliphatic carbocycles. The summed E-state index contributed by atoms with van der Waals surface area (Å²) in [5.41, 5.74) is 0.463. The average molecular weight is 258 g/mol. The summed E-state index contributed by atoms with van der Waals surface area (Å²) < 4.78 is 11.6. The van der Waals surface area contributed by atoms with Crippen molar-refractivity contribution in [1.29, 1.82) is 0 Å². The van der Waals surface area contributed by atoms with Crippen molar-refractivity contribution in [3.8, 4) is 0 Å². The van der Waals surface area contributed by atoms with Gasteiger partial charge in [0.05, 0.1) is 18.8 Å². The van der Waals surface area contributed by atoms with E-state index in [4.69, 9.17) is 14.6 Å². The Hall–Kier alpha value is -0.160. The summed E-state index contributed by atoms with van der Waals surface area (Å²) in [5.74, 6) is 0. The Morgan fingerprint density at radius 3 is 2.50 bits per heavy atom. The zero-order chi connectivity index (χ0) is 13.2. The molecular formula is C14H26O4. The molecule has 1 saturated heterocycles. The molecular weight excluding hydrogens is 232 g/mol. The first-order chi connectivity index (χ1) is 8.45. The molecule has 1 saturated carbocycles. The predicted octanol–water partition coefficient (Wildman–Crippen LogP) is 1.83. The Bertz CT molecular complexity index is 267. The molecule has 2 aliphatic rings. The second-order valence-corrected chi connectivity index (χ2v) is 6.60. The molecule has 1 spiro atoms. The fourth-order valence-corrected chi connectivity index (χ4v) is 2.92. The molecule has 106 valence electrons. The van der Waals surface area contributed by atoms with Gasteiger partial charge in [-0.1, -0.05) is 13.8 Å². The van der Waals surface area contributed by atoms with E-state index in [9.17, 15) is 5.11 Å². The van der Waals surface area contributed by atoms with Crippen molar-refractivity contribution in [3.63, 3.8) is 0 Å². The maximum atomic E-state index is 9.26. The van der Waals surface area contributed by atoms with Gasteiger partial charge in [-0.05, 0) is 37.5 Å². The molecule has 0 radical (unpaired) electrons. The third-order valence-electron chi connectivity index (χ3n) is 4.42. The quantitative estimate of drug-likeness (QED) is 0.807. The summed E-state index contributed by atoms with van der Waals surface area (Å²) in [6.45, 7) is 4.54. The predicted molar refractivity (Wildman–Crippen MR) is 68.1 cm³/mol. The molecule has 2 fully saturated rings. The van der Waals surface area contributed by atoms with E-state index in [1.165, 1.54) is 12.8 Å². The zero-order valence-electron chi connectivity index (χ0n) is 11.5. The monoisotopic (exact) mass is 258 g/mol. The van der Waals surface area contributed by atoms with Crippen LogP contribution in [0.4, 0.5) is 0 Å². The van der Waals surface area contributed by atoms with E-state index in [0.717, 1.165) is 25.7 Å². The van der Waals surface area contributed by atoms with Gasteiger partial charge in [-0.15, -0.1) is 0 Å². The fraction of sp³-hybridized carbons (Fsp3) is 1.00. The number of hydrogen-bond donors (Lipinski definition) is 2. The van der Waals surface area contributed by atoms with E-state index in [1.54, 1.807) is 0 Å². The molecule has 2 rings (SSSR count). The molecule has 18 heavy (non-hydrogen) atoms. The highest BCUT2D eigenvalue weighted by Crippen LogP contribution is 2.47. The summed E-state index contributed by atoms with van der Waals surface area (Å²) in [6.07, 6.45) is 5.60. The molecule has 1 heterocycles. The molecule has 2 N–H and O–H groups in total. The van der Waals surface area contributed by atoms with Crippen LogP contribution in [0, 0.1) is 5.41 Å². The third-order valence-corrected chi connectivity index (χ3v) is 4.42. The largest absolute Gasteiger partial charge is 0.394 e. The molecule has 0 aromatic carbocycles. The molecule has 4 nitrogen and oxygen atoms in total. The third kappa shape index (κ3) is 3.44. The van der Waals surface area contributed by atoms with Crippen LogP contribution >= 0.6 is 0 Å². The van der Waals surface area contributed by atoms with Gasteiger partial charge < -0.3 is 19.7 Å². The molecule has 4 heteroatoms. The Kier molecular flexibility index (Phi) is 4.32. The lowest BCUT2D eigenvalue weighted by atomic mass is 9.70. The Morgan fingerprint density at radius 2 is 1.89 bits per heavy atom. The highest BCUT2D eigenvalue weighted by Gasteiger charge is 2.44. The smallest absolute Gasteiger partial charge is 0.158 e. The van der Waals surface area contributed by atoms with E-state index in [2.05, 4.69) is 13.8 Å². The van der Waals surface area contributed by atoms with Crippen LogP contribution in [0.3, 0.4) is 0 Å². The number of ether oxygens (including phenoxy) is 2. The van der Waals surface area contributed by atoms with Crippen molar-refractivity contribution in [1.82, 2.24) is 0 Å². The van der Waals surface area contributed by atoms with Crippen LogP contribution in [0.5, 0.6) is 0 Å². The number of hydrogen-bond acceptors (Lipinski definition) is 4. The fourth-order valence-electron chi connectivity index (χ4n) is 2.92. The first-order valence-corrected chi connectivity index (χ1v) is 7.03. The lowest BCUT2D eigenvalue weighted by Gasteiger charge is -2.41. The van der Waals surface area contributed by atoms with Crippen LogP contribution in [0.1, 0.15) is 52.4 Å². The summed E-state index contributed by atoms with van der Waals surface area (Å²) in [4.78, 5) is 0. The van der Waals surface area contributed by atoms with Crippen molar-refractivity contribution < 1.29 is 19.7 Å². The molecule has 0 amide bonds. The van der Waals surface area contributed by atoms with Crippen LogP contribution in [0.25, 0.3) is 0 Å². The van der Waals surface area contributed by atoms with Gasteiger partial charge in [0.25, 0.3) is 0 Å². The number of aliphatic hydroxyl groups excluding tert-OH is 2. The van der Waals surface area contributed by atoms with Crippen molar-refractivity contribution in [2.24, 2.45) is 5.41 Å². The van der Waals surface area contributed by atoms with E-state index < -0.39 is 6.10 Å². The molecule has 2 atom stereocenters. The summed E-state index contributed by atoms with van der Waals surface area (Å²) in [7, 11) is 0. The standard InChI is InChI=1S/C14H26O4/c1-13(2)5-7-14(8-6-13)4-3-12(18-14)17-10-11(16)9-15/h11-12,15-16H,3-10H2,1-2H3. The van der Waals surface area contributed by atoms with E-state index in [0.29, 0.717) is 5.41 Å². The lowest BCUT2D eigenvalue weighted by molar-refractivity contribution is -0.193. The Balaban J connectivity index is 1.78. The van der Waals surface area contributed by atoms with Crippen molar-refractivity contribution >= 4 is 0 Å². The van der Waals surface area contributed by atoms with Crippen LogP contribution in [0.15, 0.2) is 0 Å². The Labute approximate surface area is 109 Å². The number of aliphatic hydroxyl groups is 2. The maximum Gasteiger partial charge on any atom is 0.158 e. The van der Waals surface area contributed by atoms with Crippen LogP contribution in [0.2, 0.25) is 0 Å². The normalized spacial score (nSPS) is 31.7. The molecule has 0 aromatic heterocycles. The summed E-state index contributed by atoms with van der Waals surface area (Å²) >= 11 is 0. The minimum atomic E-state index is -0.796. The SMILES string of the molecule is CC1(C)CCC2(CCC(OCC(O)CO)O2)CC1. The topological polar surface area (TPSA) is 58.9 Å². The van der Waals surface area contributed by atoms with Crippen LogP contribution < -0.4 is 0 Å². The van der Waals surface area contributed by atoms with Gasteiger partial charge in [-0.2, -0.15) is 0 Å². The first-order valence-electron chi connectivity index (χ1n) is 7.03. The van der Waals surface area contributed by atoms with Gasteiger partial charge in [-0.25, -0.2) is 0 Å². The van der Waals surface area contributed by atoms with Gasteiger partial charge in [-0.3, -0.25) is 0 Å². The minimum absolute atomic E-state index is 0.0182. The van der Waals surface area contributed by atoms with Crippen LogP contribution in [-0.4, -0.2) is 41.4 Å². The van der Waals surface area contributed by atoms with E-state index >= 15 is 0 Å². The molecule has 1 aliphatic heterocycles. The summed E-state index contributed by atoms with van der Waals surface area (Å²) in [6, 6.07) is 0. The van der Waals surface area contributed by atoms with Gasteiger partial charge in [0.2, 0.25) is 0 Å². The summed E-state index contributed by atoms with van der Waals surface area (Å²) in [5, 5.41) is 18.0. The lowest BCUT2D eigenvalue weighted by Crippen LogP contribution is -2.37. The average Bonchev–Trinajstić information content (AvgIpc) is 2.75. The molecule has 0 bridgehead atoms. The molecule has 2 unspecified atom stereocenters. The van der Waals surface area contributed by atoms with E-state index in [1.807, 2.05) is 0 Å². The highest BCUT2D eigenvalue weighted by atomic mass is 16.7. The molecule has 0 aromatic rings. The van der Waals surface area contributed by atoms with Crippen LogP contribution in [-0.2, 0) is 9.47 Å². The first kappa shape index (κ1) is 14.3. The second-order valence-electron chi connectivity index (χ2n) is 6.60. The van der Waals surface area contributed by atoms with Gasteiger partial charge in [0, 0.05) is 6.42 Å². The minimum Gasteiger partial charge on any atom is -0.394 e. The van der Waals surface area contributed by atoms with Crippen molar-refractivity contribution in [3.05, 3.63) is 0 Å². The highest BCUT2D eigenvalue weighted by molar-refractivity contribution is 4.93. The van der Waals surface area contributed by atoms with Crippen molar-refractivity contribution in [2.45, 2.75) is 70.4 Å². The number of rotatable bonds is 4. The Morgan fingerprint density at radius 1 is 1.22 bits per heavy atom. The maximum absolute atomic E-state index is 9.26. The second kappa shape index (κ2) is 5.45. The van der Waals surface area contributed by atoms with E-state index in [-0.39, 0.29) is 25.1 Å². The van der Waals surface area contributed by atoms with Crippen molar-refractivity contribution in [2.75, 3.05) is 13.2 Å². The van der Waals surface area contributed by atoms with Gasteiger partial charge >= 0.3 is 0 Å². The van der Waals surface area contributed by atoms with Gasteiger partial charge in [0.15, 0.2) is 6.29 Å². The van der Waals surface area contributed by atoms with Gasteiger partial charge in [0.1, 0.15) is 6.10 Å². The zero-order valence-corrected chi connectivity index (χ0v) is 11.5.